The van der Waals surface area contributed by atoms with Gasteiger partial charge in [-0.1, -0.05) is 19.6 Å². The lowest BCUT2D eigenvalue weighted by Crippen LogP contribution is -2.05. The van der Waals surface area contributed by atoms with Gasteiger partial charge in [-0.3, -0.25) is 4.68 Å². The first-order valence-corrected chi connectivity index (χ1v) is 7.97. The first kappa shape index (κ1) is 14.6. The summed E-state index contributed by atoms with van der Waals surface area (Å²) in [6.07, 6.45) is 3.81. The molecule has 120 valence electrons. The molecule has 5 heteroatoms. The molecule has 1 atom stereocenters. The van der Waals surface area contributed by atoms with E-state index in [4.69, 9.17) is 0 Å². The lowest BCUT2D eigenvalue weighted by molar-refractivity contribution is 0.784. The third-order valence-electron chi connectivity index (χ3n) is 4.54. The molecule has 0 amide bonds. The van der Waals surface area contributed by atoms with E-state index in [1.165, 1.54) is 5.56 Å². The van der Waals surface area contributed by atoms with Crippen molar-refractivity contribution >= 4 is 22.1 Å². The van der Waals surface area contributed by atoms with Crippen LogP contribution >= 0.6 is 0 Å². The van der Waals surface area contributed by atoms with Gasteiger partial charge in [0.1, 0.15) is 0 Å². The minimum Gasteiger partial charge on any atom is -0.268 e. The molecular formula is C19H19N5. The first-order valence-electron chi connectivity index (χ1n) is 7.97. The molecule has 0 N–H and O–H groups in total. The summed E-state index contributed by atoms with van der Waals surface area (Å²) in [7, 11) is 1.96. The van der Waals surface area contributed by atoms with Gasteiger partial charge in [0.2, 0.25) is 0 Å². The van der Waals surface area contributed by atoms with Crippen molar-refractivity contribution in [1.29, 1.82) is 0 Å². The molecule has 0 aliphatic carbocycles. The summed E-state index contributed by atoms with van der Waals surface area (Å²) in [5, 5.41) is 10.1. The van der Waals surface area contributed by atoms with E-state index >= 15 is 0 Å². The number of hydrogen-bond acceptors (Lipinski definition) is 3. The van der Waals surface area contributed by atoms with E-state index in [-0.39, 0.29) is 5.92 Å². The Bertz CT molecular complexity index is 1070. The van der Waals surface area contributed by atoms with Gasteiger partial charge in [-0.05, 0) is 42.3 Å². The minimum absolute atomic E-state index is 0.178. The minimum atomic E-state index is 0.178. The van der Waals surface area contributed by atoms with Crippen molar-refractivity contribution in [2.24, 2.45) is 7.05 Å². The molecule has 24 heavy (non-hydrogen) atoms. The largest absolute Gasteiger partial charge is 0.268 e. The standard InChI is InChI=1S/C19H19N5/c1-12(2)16-6-8-19-20-11-18(24(19)22-16)13(3)14-5-7-17-15(9-14)10-21-23(17)4/h5-11,13H,1H2,2-4H3. The van der Waals surface area contributed by atoms with Gasteiger partial charge in [0.25, 0.3) is 0 Å². The summed E-state index contributed by atoms with van der Waals surface area (Å²) in [4.78, 5) is 4.49. The highest BCUT2D eigenvalue weighted by atomic mass is 15.3. The average molecular weight is 317 g/mol. The van der Waals surface area contributed by atoms with Crippen molar-refractivity contribution < 1.29 is 0 Å². The number of allylic oxidation sites excluding steroid dienone is 1. The van der Waals surface area contributed by atoms with Gasteiger partial charge < -0.3 is 0 Å². The zero-order valence-corrected chi connectivity index (χ0v) is 14.1. The number of hydrogen-bond donors (Lipinski definition) is 0. The van der Waals surface area contributed by atoms with Crippen LogP contribution < -0.4 is 0 Å². The molecule has 0 saturated carbocycles. The molecule has 4 aromatic rings. The van der Waals surface area contributed by atoms with E-state index in [0.717, 1.165) is 33.5 Å². The Hall–Kier alpha value is -2.95. The van der Waals surface area contributed by atoms with Crippen molar-refractivity contribution in [2.75, 3.05) is 0 Å². The van der Waals surface area contributed by atoms with E-state index < -0.39 is 0 Å². The number of nitrogens with zero attached hydrogens (tertiary/aromatic N) is 5. The first-order chi connectivity index (χ1) is 11.5. The summed E-state index contributed by atoms with van der Waals surface area (Å²) in [5.74, 6) is 0.178. The van der Waals surface area contributed by atoms with E-state index in [2.05, 4.69) is 46.9 Å². The second kappa shape index (κ2) is 5.30. The molecule has 3 heterocycles. The van der Waals surface area contributed by atoms with Gasteiger partial charge in [-0.15, -0.1) is 0 Å². The summed E-state index contributed by atoms with van der Waals surface area (Å²) in [6, 6.07) is 10.4. The van der Waals surface area contributed by atoms with Crippen LogP contribution in [-0.2, 0) is 7.05 Å². The summed E-state index contributed by atoms with van der Waals surface area (Å²) in [6.45, 7) is 8.12. The highest BCUT2D eigenvalue weighted by Crippen LogP contribution is 2.27. The molecule has 0 aliphatic heterocycles. The number of rotatable bonds is 3. The van der Waals surface area contributed by atoms with Crippen LogP contribution in [0.2, 0.25) is 0 Å². The number of imidazole rings is 1. The molecular weight excluding hydrogens is 298 g/mol. The Morgan fingerprint density at radius 3 is 2.79 bits per heavy atom. The number of fused-ring (bicyclic) bond motifs is 2. The van der Waals surface area contributed by atoms with Gasteiger partial charge in [0.05, 0.1) is 29.3 Å². The molecule has 4 rings (SSSR count). The highest BCUT2D eigenvalue weighted by Gasteiger charge is 2.16. The predicted octanol–water partition coefficient (Wildman–Crippen LogP) is 3.80. The zero-order chi connectivity index (χ0) is 16.8. The Labute approximate surface area is 140 Å². The van der Waals surface area contributed by atoms with Gasteiger partial charge in [0.15, 0.2) is 5.65 Å². The SMILES string of the molecule is C=C(C)c1ccc2ncc(C(C)c3ccc4c(cnn4C)c3)n2n1. The Kier molecular flexibility index (Phi) is 3.23. The quantitative estimate of drug-likeness (QED) is 0.577. The fourth-order valence-corrected chi connectivity index (χ4v) is 3.04. The van der Waals surface area contributed by atoms with Crippen molar-refractivity contribution in [2.45, 2.75) is 19.8 Å². The van der Waals surface area contributed by atoms with Crippen molar-refractivity contribution in [3.8, 4) is 0 Å². The fraction of sp³-hybridized carbons (Fsp3) is 0.211. The Morgan fingerprint density at radius 2 is 2.00 bits per heavy atom. The van der Waals surface area contributed by atoms with Gasteiger partial charge in [-0.2, -0.15) is 10.2 Å². The third kappa shape index (κ3) is 2.21. The summed E-state index contributed by atoms with van der Waals surface area (Å²) >= 11 is 0. The molecule has 1 aromatic carbocycles. The molecule has 1 unspecified atom stereocenters. The van der Waals surface area contributed by atoms with Crippen LogP contribution in [-0.4, -0.2) is 24.4 Å². The van der Waals surface area contributed by atoms with Crippen molar-refractivity contribution in [3.05, 3.63) is 66.3 Å². The highest BCUT2D eigenvalue weighted by molar-refractivity contribution is 5.79. The lowest BCUT2D eigenvalue weighted by atomic mass is 9.97. The normalized spacial score (nSPS) is 12.8. The van der Waals surface area contributed by atoms with E-state index in [0.29, 0.717) is 0 Å². The molecule has 0 saturated heterocycles. The second-order valence-corrected chi connectivity index (χ2v) is 6.26. The fourth-order valence-electron chi connectivity index (χ4n) is 3.04. The zero-order valence-electron chi connectivity index (χ0n) is 14.1. The van der Waals surface area contributed by atoms with Crippen molar-refractivity contribution in [1.82, 2.24) is 24.4 Å². The number of aryl methyl sites for hydroxylation is 1. The third-order valence-corrected chi connectivity index (χ3v) is 4.54. The molecule has 0 spiro atoms. The van der Waals surface area contributed by atoms with Crippen LogP contribution in [0.5, 0.6) is 0 Å². The van der Waals surface area contributed by atoms with E-state index in [9.17, 15) is 0 Å². The van der Waals surface area contributed by atoms with Crippen LogP contribution in [0.1, 0.15) is 36.7 Å². The maximum Gasteiger partial charge on any atom is 0.153 e. The molecule has 5 nitrogen and oxygen atoms in total. The average Bonchev–Trinajstić information content (AvgIpc) is 3.17. The Balaban J connectivity index is 1.82. The summed E-state index contributed by atoms with van der Waals surface area (Å²) < 4.78 is 3.81. The summed E-state index contributed by atoms with van der Waals surface area (Å²) in [5.41, 5.74) is 6.10. The maximum atomic E-state index is 4.69. The number of aromatic nitrogens is 5. The molecule has 3 aromatic heterocycles. The van der Waals surface area contributed by atoms with Crippen LogP contribution in [0, 0.1) is 0 Å². The molecule has 0 radical (unpaired) electrons. The molecule has 0 bridgehead atoms. The maximum absolute atomic E-state index is 4.69. The van der Waals surface area contributed by atoms with Gasteiger partial charge in [0, 0.05) is 18.4 Å². The molecule has 0 aliphatic rings. The number of benzene rings is 1. The molecule has 0 fully saturated rings. The van der Waals surface area contributed by atoms with E-state index in [1.54, 1.807) is 0 Å². The van der Waals surface area contributed by atoms with Gasteiger partial charge >= 0.3 is 0 Å². The monoisotopic (exact) mass is 317 g/mol. The van der Waals surface area contributed by atoms with Crippen LogP contribution in [0.3, 0.4) is 0 Å². The second-order valence-electron chi connectivity index (χ2n) is 6.26. The van der Waals surface area contributed by atoms with Crippen molar-refractivity contribution in [3.63, 3.8) is 0 Å². The lowest BCUT2D eigenvalue weighted by Gasteiger charge is -2.12. The van der Waals surface area contributed by atoms with Crippen LogP contribution in [0.15, 0.2) is 49.3 Å². The smallest absolute Gasteiger partial charge is 0.153 e. The predicted molar refractivity (Wildman–Crippen MR) is 95.9 cm³/mol. The van der Waals surface area contributed by atoms with E-state index in [1.807, 2.05) is 47.7 Å². The van der Waals surface area contributed by atoms with Gasteiger partial charge in [-0.25, -0.2) is 9.50 Å². The van der Waals surface area contributed by atoms with Crippen LogP contribution in [0.4, 0.5) is 0 Å². The van der Waals surface area contributed by atoms with Crippen LogP contribution in [0.25, 0.3) is 22.1 Å². The Morgan fingerprint density at radius 1 is 1.17 bits per heavy atom. The topological polar surface area (TPSA) is 48.0 Å².